The van der Waals surface area contributed by atoms with Crippen molar-refractivity contribution in [3.63, 3.8) is 0 Å². The minimum Gasteiger partial charge on any atom is -0.207 e. The maximum absolute atomic E-state index is 12.2. The van der Waals surface area contributed by atoms with Crippen LogP contribution in [0.15, 0.2) is 27.6 Å². The third-order valence-electron chi connectivity index (χ3n) is 2.11. The number of alkyl halides is 1. The zero-order valence-corrected chi connectivity index (χ0v) is 14.1. The maximum atomic E-state index is 12.2. The molecule has 1 aromatic carbocycles. The van der Waals surface area contributed by atoms with Gasteiger partial charge in [-0.3, -0.25) is 0 Å². The van der Waals surface area contributed by atoms with E-state index in [2.05, 4.69) is 31.9 Å². The summed E-state index contributed by atoms with van der Waals surface area (Å²) in [5.74, 6) is 0. The Labute approximate surface area is 123 Å². The molecule has 0 N–H and O–H groups in total. The highest BCUT2D eigenvalue weighted by Crippen LogP contribution is 2.26. The van der Waals surface area contributed by atoms with Gasteiger partial charge in [0.2, 0.25) is 10.0 Å². The summed E-state index contributed by atoms with van der Waals surface area (Å²) in [5, 5.41) is 0.487. The van der Waals surface area contributed by atoms with Crippen molar-refractivity contribution in [1.82, 2.24) is 4.31 Å². The van der Waals surface area contributed by atoms with Crippen LogP contribution in [0, 0.1) is 0 Å². The van der Waals surface area contributed by atoms with Crippen molar-refractivity contribution in [2.45, 2.75) is 16.6 Å². The van der Waals surface area contributed by atoms with E-state index in [1.54, 1.807) is 13.1 Å². The number of hydrogen-bond acceptors (Lipinski definition) is 2. The summed E-state index contributed by atoms with van der Waals surface area (Å²) < 4.78 is 26.2. The monoisotopic (exact) mass is 403 g/mol. The van der Waals surface area contributed by atoms with Gasteiger partial charge in [-0.05, 0) is 34.1 Å². The standard InChI is InChI=1S/C10H12Br2ClNO2S/c1-7(11)6-14(2)17(15,16)8-3-4-10(13)9(12)5-8/h3-5,7H,6H2,1-2H3. The molecule has 17 heavy (non-hydrogen) atoms. The molecule has 1 atom stereocenters. The number of rotatable bonds is 4. The van der Waals surface area contributed by atoms with Crippen molar-refractivity contribution in [2.24, 2.45) is 0 Å². The van der Waals surface area contributed by atoms with Gasteiger partial charge >= 0.3 is 0 Å². The molecule has 0 aliphatic rings. The fourth-order valence-electron chi connectivity index (χ4n) is 1.27. The number of benzene rings is 1. The van der Waals surface area contributed by atoms with Crippen molar-refractivity contribution in [3.8, 4) is 0 Å². The summed E-state index contributed by atoms with van der Waals surface area (Å²) in [4.78, 5) is 0.322. The summed E-state index contributed by atoms with van der Waals surface area (Å²) in [6.45, 7) is 2.30. The lowest BCUT2D eigenvalue weighted by atomic mass is 10.4. The zero-order chi connectivity index (χ0) is 13.2. The van der Waals surface area contributed by atoms with Crippen LogP contribution in [0.25, 0.3) is 0 Å². The molecule has 1 unspecified atom stereocenters. The molecular weight excluding hydrogens is 393 g/mol. The summed E-state index contributed by atoms with van der Waals surface area (Å²) >= 11 is 12.4. The molecule has 0 spiro atoms. The van der Waals surface area contributed by atoms with Gasteiger partial charge in [0.05, 0.1) is 9.92 Å². The number of nitrogens with zero attached hydrogens (tertiary/aromatic N) is 1. The third kappa shape index (κ3) is 3.92. The number of halogens is 3. The van der Waals surface area contributed by atoms with Gasteiger partial charge in [-0.2, -0.15) is 4.31 Å². The van der Waals surface area contributed by atoms with Crippen LogP contribution in [-0.2, 0) is 10.0 Å². The molecular formula is C10H12Br2ClNO2S. The van der Waals surface area contributed by atoms with Gasteiger partial charge in [0.1, 0.15) is 0 Å². The van der Waals surface area contributed by atoms with Crippen molar-refractivity contribution in [1.29, 1.82) is 0 Å². The highest BCUT2D eigenvalue weighted by Gasteiger charge is 2.22. The van der Waals surface area contributed by atoms with E-state index < -0.39 is 10.0 Å². The van der Waals surface area contributed by atoms with E-state index in [4.69, 9.17) is 11.6 Å². The molecule has 0 amide bonds. The van der Waals surface area contributed by atoms with Gasteiger partial charge in [0.25, 0.3) is 0 Å². The molecule has 0 radical (unpaired) electrons. The van der Waals surface area contributed by atoms with Gasteiger partial charge < -0.3 is 0 Å². The predicted molar refractivity (Wildman–Crippen MR) is 77.4 cm³/mol. The largest absolute Gasteiger partial charge is 0.242 e. The Balaban J connectivity index is 3.09. The fraction of sp³-hybridized carbons (Fsp3) is 0.400. The van der Waals surface area contributed by atoms with Crippen LogP contribution in [0.1, 0.15) is 6.92 Å². The molecule has 0 aromatic heterocycles. The first-order valence-electron chi connectivity index (χ1n) is 4.80. The van der Waals surface area contributed by atoms with Gasteiger partial charge in [0.15, 0.2) is 0 Å². The first-order valence-corrected chi connectivity index (χ1v) is 8.33. The summed E-state index contributed by atoms with van der Waals surface area (Å²) in [7, 11) is -1.91. The Morgan fingerprint density at radius 3 is 2.53 bits per heavy atom. The molecule has 0 bridgehead atoms. The molecule has 3 nitrogen and oxygen atoms in total. The fourth-order valence-corrected chi connectivity index (χ4v) is 3.83. The Morgan fingerprint density at radius 1 is 1.47 bits per heavy atom. The molecule has 1 aromatic rings. The molecule has 0 aliphatic carbocycles. The van der Waals surface area contributed by atoms with Crippen LogP contribution in [0.4, 0.5) is 0 Å². The lowest BCUT2D eigenvalue weighted by molar-refractivity contribution is 0.473. The summed E-state index contributed by atoms with van der Waals surface area (Å²) in [5.41, 5.74) is 0. The summed E-state index contributed by atoms with van der Waals surface area (Å²) in [6, 6.07) is 4.56. The van der Waals surface area contributed by atoms with Crippen LogP contribution in [0.3, 0.4) is 0 Å². The Hall–Kier alpha value is 0.380. The van der Waals surface area contributed by atoms with Crippen molar-refractivity contribution in [2.75, 3.05) is 13.6 Å². The highest BCUT2D eigenvalue weighted by atomic mass is 79.9. The number of hydrogen-bond donors (Lipinski definition) is 0. The van der Waals surface area contributed by atoms with E-state index in [9.17, 15) is 8.42 Å². The zero-order valence-electron chi connectivity index (χ0n) is 9.32. The molecule has 7 heteroatoms. The minimum atomic E-state index is -3.46. The van der Waals surface area contributed by atoms with Crippen molar-refractivity contribution < 1.29 is 8.42 Å². The van der Waals surface area contributed by atoms with Gasteiger partial charge in [-0.1, -0.05) is 34.5 Å². The van der Waals surface area contributed by atoms with E-state index in [0.717, 1.165) is 0 Å². The molecule has 0 aliphatic heterocycles. The van der Waals surface area contributed by atoms with Gasteiger partial charge in [-0.25, -0.2) is 8.42 Å². The first-order chi connectivity index (χ1) is 7.75. The first kappa shape index (κ1) is 15.4. The second-order valence-electron chi connectivity index (χ2n) is 3.64. The average molecular weight is 406 g/mol. The molecule has 0 saturated heterocycles. The topological polar surface area (TPSA) is 37.4 Å². The lowest BCUT2D eigenvalue weighted by Crippen LogP contribution is -2.31. The lowest BCUT2D eigenvalue weighted by Gasteiger charge is -2.18. The van der Waals surface area contributed by atoms with E-state index >= 15 is 0 Å². The Bertz CT molecular complexity index is 505. The maximum Gasteiger partial charge on any atom is 0.242 e. The van der Waals surface area contributed by atoms with Crippen LogP contribution in [-0.4, -0.2) is 31.1 Å². The van der Waals surface area contributed by atoms with E-state index in [1.807, 2.05) is 6.92 Å². The highest BCUT2D eigenvalue weighted by molar-refractivity contribution is 9.10. The van der Waals surface area contributed by atoms with Crippen LogP contribution >= 0.6 is 43.5 Å². The van der Waals surface area contributed by atoms with E-state index in [1.165, 1.54) is 16.4 Å². The third-order valence-corrected chi connectivity index (χ3v) is 5.43. The molecule has 96 valence electrons. The van der Waals surface area contributed by atoms with Crippen LogP contribution < -0.4 is 0 Å². The van der Waals surface area contributed by atoms with Crippen LogP contribution in [0.2, 0.25) is 5.02 Å². The van der Waals surface area contributed by atoms with Gasteiger partial charge in [-0.15, -0.1) is 0 Å². The SMILES string of the molecule is CC(Br)CN(C)S(=O)(=O)c1ccc(Cl)c(Br)c1. The smallest absolute Gasteiger partial charge is 0.207 e. The molecule has 0 fully saturated rings. The molecule has 0 heterocycles. The molecule has 1 rings (SSSR count). The second-order valence-corrected chi connectivity index (χ2v) is 8.51. The van der Waals surface area contributed by atoms with E-state index in [-0.39, 0.29) is 9.72 Å². The van der Waals surface area contributed by atoms with Crippen molar-refractivity contribution >= 4 is 53.5 Å². The second kappa shape index (κ2) is 6.02. The quantitative estimate of drug-likeness (QED) is 0.719. The summed E-state index contributed by atoms with van der Waals surface area (Å²) in [6.07, 6.45) is 0. The number of sulfonamides is 1. The van der Waals surface area contributed by atoms with Crippen molar-refractivity contribution in [3.05, 3.63) is 27.7 Å². The predicted octanol–water partition coefficient (Wildman–Crippen LogP) is 3.51. The minimum absolute atomic E-state index is 0.0954. The Morgan fingerprint density at radius 2 is 2.06 bits per heavy atom. The van der Waals surface area contributed by atoms with E-state index in [0.29, 0.717) is 16.0 Å². The Kier molecular flexibility index (Phi) is 5.46. The van der Waals surface area contributed by atoms with Gasteiger partial charge in [0, 0.05) is 22.9 Å². The van der Waals surface area contributed by atoms with Crippen LogP contribution in [0.5, 0.6) is 0 Å². The molecule has 0 saturated carbocycles. The normalized spacial score (nSPS) is 14.0. The average Bonchev–Trinajstić information content (AvgIpc) is 2.20.